The third kappa shape index (κ3) is 3.04. The molecule has 0 saturated carbocycles. The minimum atomic E-state index is -4.50. The summed E-state index contributed by atoms with van der Waals surface area (Å²) in [5.74, 6) is 4.52. The summed E-state index contributed by atoms with van der Waals surface area (Å²) in [6, 6.07) is 8.65. The topological polar surface area (TPSA) is 40.5 Å². The van der Waals surface area contributed by atoms with Gasteiger partial charge in [0, 0.05) is 0 Å². The monoisotopic (exact) mass is 278 g/mol. The Morgan fingerprint density at radius 1 is 0.800 bits per heavy atom. The molecule has 102 valence electrons. The molecule has 0 radical (unpaired) electrons. The Bertz CT molecular complexity index is 694. The molecule has 0 heterocycles. The van der Waals surface area contributed by atoms with Gasteiger partial charge in [-0.3, -0.25) is 0 Å². The molecule has 0 aliphatic rings. The van der Waals surface area contributed by atoms with E-state index in [9.17, 15) is 23.4 Å². The van der Waals surface area contributed by atoms with Crippen LogP contribution in [-0.4, -0.2) is 10.2 Å². The van der Waals surface area contributed by atoms with Crippen molar-refractivity contribution in [3.63, 3.8) is 0 Å². The van der Waals surface area contributed by atoms with Crippen LogP contribution in [0.1, 0.15) is 16.7 Å². The number of phenolic OH excluding ortho intramolecular Hbond substituents is 2. The molecule has 2 N–H and O–H groups in total. The normalized spacial score (nSPS) is 10.8. The highest BCUT2D eigenvalue weighted by molar-refractivity contribution is 5.53. The van der Waals surface area contributed by atoms with Crippen molar-refractivity contribution in [3.05, 3.63) is 59.2 Å². The number of hydrogen-bond donors (Lipinski definition) is 2. The summed E-state index contributed by atoms with van der Waals surface area (Å²) >= 11 is 0. The second-order valence-electron chi connectivity index (χ2n) is 4.00. The van der Waals surface area contributed by atoms with Gasteiger partial charge in [0.25, 0.3) is 0 Å². The first kappa shape index (κ1) is 13.8. The van der Waals surface area contributed by atoms with E-state index >= 15 is 0 Å². The maximum Gasteiger partial charge on any atom is 0.416 e. The molecule has 0 aromatic heterocycles. The molecule has 0 saturated heterocycles. The van der Waals surface area contributed by atoms with E-state index < -0.39 is 11.7 Å². The van der Waals surface area contributed by atoms with Crippen molar-refractivity contribution in [2.45, 2.75) is 6.18 Å². The van der Waals surface area contributed by atoms with E-state index in [1.165, 1.54) is 12.1 Å². The summed E-state index contributed by atoms with van der Waals surface area (Å²) in [5.41, 5.74) is -0.774. The van der Waals surface area contributed by atoms with Gasteiger partial charge in [-0.15, -0.1) is 0 Å². The van der Waals surface area contributed by atoms with Crippen molar-refractivity contribution < 1.29 is 23.4 Å². The van der Waals surface area contributed by atoms with Gasteiger partial charge in [-0.05, 0) is 30.3 Å². The third-order valence-corrected chi connectivity index (χ3v) is 2.56. The third-order valence-electron chi connectivity index (χ3n) is 2.56. The smallest absolute Gasteiger partial charge is 0.416 e. The Balaban J connectivity index is 2.43. The molecule has 2 aromatic carbocycles. The predicted octanol–water partition coefficient (Wildman–Crippen LogP) is 3.52. The van der Waals surface area contributed by atoms with Gasteiger partial charge in [0.15, 0.2) is 0 Å². The van der Waals surface area contributed by atoms with Gasteiger partial charge in [0.05, 0.1) is 16.7 Å². The first-order valence-corrected chi connectivity index (χ1v) is 5.58. The Labute approximate surface area is 113 Å². The maximum atomic E-state index is 12.6. The van der Waals surface area contributed by atoms with Gasteiger partial charge in [-0.2, -0.15) is 13.2 Å². The second kappa shape index (κ2) is 5.17. The Hall–Kier alpha value is -2.61. The van der Waals surface area contributed by atoms with Gasteiger partial charge in [-0.25, -0.2) is 0 Å². The Kier molecular flexibility index (Phi) is 3.57. The van der Waals surface area contributed by atoms with E-state index in [-0.39, 0.29) is 22.6 Å². The average molecular weight is 278 g/mol. The van der Waals surface area contributed by atoms with E-state index in [1.54, 1.807) is 12.1 Å². The van der Waals surface area contributed by atoms with E-state index in [0.717, 1.165) is 18.2 Å². The van der Waals surface area contributed by atoms with E-state index in [1.807, 2.05) is 0 Å². The lowest BCUT2D eigenvalue weighted by atomic mass is 10.1. The van der Waals surface area contributed by atoms with Crippen molar-refractivity contribution in [1.29, 1.82) is 0 Å². The summed E-state index contributed by atoms with van der Waals surface area (Å²) in [5, 5.41) is 19.0. The number of hydrogen-bond acceptors (Lipinski definition) is 2. The minimum absolute atomic E-state index is 0.0773. The molecule has 0 aliphatic carbocycles. The van der Waals surface area contributed by atoms with Crippen molar-refractivity contribution in [2.75, 3.05) is 0 Å². The summed E-state index contributed by atoms with van der Waals surface area (Å²) in [7, 11) is 0. The molecule has 2 rings (SSSR count). The number of rotatable bonds is 0. The molecule has 0 bridgehead atoms. The molecule has 0 fully saturated rings. The fourth-order valence-corrected chi connectivity index (χ4v) is 1.53. The van der Waals surface area contributed by atoms with Crippen LogP contribution in [0.3, 0.4) is 0 Å². The summed E-state index contributed by atoms with van der Waals surface area (Å²) in [4.78, 5) is 0. The van der Waals surface area contributed by atoms with Gasteiger partial charge in [0.2, 0.25) is 0 Å². The minimum Gasteiger partial charge on any atom is -0.507 e. The Morgan fingerprint density at radius 2 is 1.40 bits per heavy atom. The zero-order chi connectivity index (χ0) is 14.8. The summed E-state index contributed by atoms with van der Waals surface area (Å²) in [6.07, 6.45) is -4.50. The molecule has 0 atom stereocenters. The Morgan fingerprint density at radius 3 is 2.05 bits per heavy atom. The maximum absolute atomic E-state index is 12.6. The van der Waals surface area contributed by atoms with Crippen LogP contribution in [0.5, 0.6) is 11.5 Å². The predicted molar refractivity (Wildman–Crippen MR) is 67.2 cm³/mol. The molecule has 0 aliphatic heterocycles. The van der Waals surface area contributed by atoms with Crippen LogP contribution in [0.25, 0.3) is 0 Å². The lowest BCUT2D eigenvalue weighted by molar-refractivity contribution is -0.137. The van der Waals surface area contributed by atoms with Crippen LogP contribution < -0.4 is 0 Å². The van der Waals surface area contributed by atoms with Gasteiger partial charge in [-0.1, -0.05) is 24.0 Å². The van der Waals surface area contributed by atoms with Gasteiger partial charge >= 0.3 is 6.18 Å². The number of halogens is 3. The number of aromatic hydroxyl groups is 2. The molecule has 2 nitrogen and oxygen atoms in total. The lowest BCUT2D eigenvalue weighted by Crippen LogP contribution is -2.04. The van der Waals surface area contributed by atoms with Crippen molar-refractivity contribution in [1.82, 2.24) is 0 Å². The van der Waals surface area contributed by atoms with E-state index in [2.05, 4.69) is 11.8 Å². The molecule has 0 unspecified atom stereocenters. The molecule has 0 spiro atoms. The summed E-state index contributed by atoms with van der Waals surface area (Å²) < 4.78 is 37.7. The van der Waals surface area contributed by atoms with Crippen LogP contribution >= 0.6 is 0 Å². The number of alkyl halides is 3. The largest absolute Gasteiger partial charge is 0.507 e. The average Bonchev–Trinajstić information content (AvgIpc) is 2.38. The number of para-hydroxylation sites is 1. The zero-order valence-corrected chi connectivity index (χ0v) is 10.1. The van der Waals surface area contributed by atoms with Crippen LogP contribution in [0.2, 0.25) is 0 Å². The molecule has 2 aromatic rings. The van der Waals surface area contributed by atoms with Crippen LogP contribution in [-0.2, 0) is 6.18 Å². The van der Waals surface area contributed by atoms with Crippen LogP contribution in [0.15, 0.2) is 42.5 Å². The fraction of sp³-hybridized carbons (Fsp3) is 0.0667. The first-order valence-electron chi connectivity index (χ1n) is 5.58. The molecule has 0 amide bonds. The van der Waals surface area contributed by atoms with Gasteiger partial charge in [0.1, 0.15) is 11.5 Å². The first-order chi connectivity index (χ1) is 9.38. The molecular weight excluding hydrogens is 269 g/mol. The quantitative estimate of drug-likeness (QED) is 0.724. The van der Waals surface area contributed by atoms with Crippen molar-refractivity contribution in [3.8, 4) is 23.3 Å². The molecule has 5 heteroatoms. The van der Waals surface area contributed by atoms with Crippen LogP contribution in [0.4, 0.5) is 13.2 Å². The number of benzene rings is 2. The van der Waals surface area contributed by atoms with E-state index in [0.29, 0.717) is 0 Å². The van der Waals surface area contributed by atoms with Crippen molar-refractivity contribution >= 4 is 0 Å². The summed E-state index contributed by atoms with van der Waals surface area (Å²) in [6.45, 7) is 0. The highest BCUT2D eigenvalue weighted by atomic mass is 19.4. The zero-order valence-electron chi connectivity index (χ0n) is 10.1. The van der Waals surface area contributed by atoms with Crippen LogP contribution in [0, 0.1) is 11.8 Å². The number of phenols is 2. The highest BCUT2D eigenvalue weighted by Gasteiger charge is 2.30. The van der Waals surface area contributed by atoms with Crippen molar-refractivity contribution in [2.24, 2.45) is 0 Å². The lowest BCUT2D eigenvalue weighted by Gasteiger charge is -2.07. The fourth-order valence-electron chi connectivity index (χ4n) is 1.53. The van der Waals surface area contributed by atoms with E-state index in [4.69, 9.17) is 0 Å². The SMILES string of the molecule is Oc1ccccc1C#Cc1cc(C(F)(F)F)ccc1O. The highest BCUT2D eigenvalue weighted by Crippen LogP contribution is 2.31. The molecule has 20 heavy (non-hydrogen) atoms. The van der Waals surface area contributed by atoms with Gasteiger partial charge < -0.3 is 10.2 Å². The molecular formula is C15H9F3O2. The second-order valence-corrected chi connectivity index (χ2v) is 4.00. The standard InChI is InChI=1S/C15H9F3O2/c16-15(17,18)12-7-8-14(20)11(9-12)6-5-10-3-1-2-4-13(10)19/h1-4,7-9,19-20H.